The molecule has 1 aliphatic heterocycles. The van der Waals surface area contributed by atoms with Crippen molar-refractivity contribution < 1.29 is 9.59 Å². The van der Waals surface area contributed by atoms with Gasteiger partial charge in [-0.2, -0.15) is 37.9 Å². The Bertz CT molecular complexity index is 391. The van der Waals surface area contributed by atoms with E-state index < -0.39 is 0 Å². The van der Waals surface area contributed by atoms with E-state index in [-0.39, 0.29) is 34.4 Å². The smallest absolute Gasteiger partial charge is 0.279 e. The van der Waals surface area contributed by atoms with E-state index in [0.717, 1.165) is 19.3 Å². The van der Waals surface area contributed by atoms with E-state index in [2.05, 4.69) is 44.5 Å². The highest BCUT2D eigenvalue weighted by Gasteiger charge is 2.41. The molecule has 3 atom stereocenters. The Morgan fingerprint density at radius 2 is 1.04 bits per heavy atom. The Balaban J connectivity index is 3.08. The number of imide groups is 1. The lowest BCUT2D eigenvalue weighted by Gasteiger charge is -2.44. The van der Waals surface area contributed by atoms with Crippen molar-refractivity contribution in [2.75, 3.05) is 19.6 Å². The van der Waals surface area contributed by atoms with Gasteiger partial charge in [0.05, 0.1) is 0 Å². The van der Waals surface area contributed by atoms with Crippen molar-refractivity contribution in [3.05, 3.63) is 12.4 Å². The maximum atomic E-state index is 12.8. The minimum absolute atomic E-state index is 0.0264. The van der Waals surface area contributed by atoms with Crippen molar-refractivity contribution in [2.45, 2.75) is 55.8 Å². The summed E-state index contributed by atoms with van der Waals surface area (Å²) in [5.41, 5.74) is 0. The van der Waals surface area contributed by atoms with E-state index in [1.54, 1.807) is 9.80 Å². The first-order chi connectivity index (χ1) is 11.3. The molecule has 0 saturated carbocycles. The van der Waals surface area contributed by atoms with Crippen LogP contribution in [-0.2, 0) is 0 Å². The molecule has 0 bridgehead atoms. The zero-order valence-electron chi connectivity index (χ0n) is 14.7. The van der Waals surface area contributed by atoms with E-state index in [0.29, 0.717) is 18.9 Å². The van der Waals surface area contributed by atoms with Crippen LogP contribution in [0.15, 0.2) is 12.4 Å². The van der Waals surface area contributed by atoms with E-state index >= 15 is 0 Å². The fourth-order valence-corrected chi connectivity index (χ4v) is 2.77. The Hall–Kier alpha value is -0.470. The van der Waals surface area contributed by atoms with Gasteiger partial charge in [-0.1, -0.05) is 27.4 Å². The van der Waals surface area contributed by atoms with Crippen LogP contribution < -0.4 is 0 Å². The number of thiol groups is 3. The third kappa shape index (κ3) is 5.26. The topological polar surface area (TPSA) is 43.9 Å². The van der Waals surface area contributed by atoms with Crippen molar-refractivity contribution in [1.82, 2.24) is 14.7 Å². The molecule has 0 N–H and O–H groups in total. The molecule has 8 heteroatoms. The second kappa shape index (κ2) is 9.87. The SMILES string of the molecule is C=C1N(CC(S)CC)C(=O)N(CC(S)CC)C(=O)N1CC(S)CC. The van der Waals surface area contributed by atoms with Gasteiger partial charge in [-0.25, -0.2) is 14.5 Å². The molecule has 24 heavy (non-hydrogen) atoms. The van der Waals surface area contributed by atoms with Gasteiger partial charge in [-0.3, -0.25) is 9.80 Å². The summed E-state index contributed by atoms with van der Waals surface area (Å²) >= 11 is 13.4. The lowest BCUT2D eigenvalue weighted by Crippen LogP contribution is -2.61. The number of nitrogens with zero attached hydrogens (tertiary/aromatic N) is 3. The minimum Gasteiger partial charge on any atom is -0.279 e. The highest BCUT2D eigenvalue weighted by Crippen LogP contribution is 2.25. The third-order valence-corrected chi connectivity index (χ3v) is 5.73. The summed E-state index contributed by atoms with van der Waals surface area (Å²) in [5, 5.41) is 0.000936. The van der Waals surface area contributed by atoms with Crippen molar-refractivity contribution in [2.24, 2.45) is 0 Å². The molecular weight excluding hydrogens is 362 g/mol. The molecule has 1 aliphatic rings. The fourth-order valence-electron chi connectivity index (χ4n) is 2.28. The number of hydrogen-bond acceptors (Lipinski definition) is 5. The summed E-state index contributed by atoms with van der Waals surface area (Å²) in [7, 11) is 0. The largest absolute Gasteiger partial charge is 0.333 e. The molecule has 1 fully saturated rings. The first-order valence-corrected chi connectivity index (χ1v) is 9.95. The van der Waals surface area contributed by atoms with Crippen LogP contribution >= 0.6 is 37.9 Å². The molecule has 1 rings (SSSR count). The van der Waals surface area contributed by atoms with Crippen LogP contribution in [0, 0.1) is 0 Å². The molecule has 0 radical (unpaired) electrons. The molecule has 1 saturated heterocycles. The lowest BCUT2D eigenvalue weighted by atomic mass is 10.2. The number of carbonyl (C=O) groups is 2. The molecule has 4 amide bonds. The number of urea groups is 2. The van der Waals surface area contributed by atoms with Crippen LogP contribution in [-0.4, -0.2) is 62.1 Å². The summed E-state index contributed by atoms with van der Waals surface area (Å²) in [6, 6.07) is -0.679. The predicted molar refractivity (Wildman–Crippen MR) is 109 cm³/mol. The zero-order valence-corrected chi connectivity index (χ0v) is 17.4. The molecule has 5 nitrogen and oxygen atoms in total. The molecular formula is C16H29N3O2S3. The van der Waals surface area contributed by atoms with Crippen molar-refractivity contribution >= 4 is 49.9 Å². The van der Waals surface area contributed by atoms with Crippen molar-refractivity contribution in [3.63, 3.8) is 0 Å². The second-order valence-corrected chi connectivity index (χ2v) is 8.19. The van der Waals surface area contributed by atoms with Crippen LogP contribution in [0.3, 0.4) is 0 Å². The van der Waals surface area contributed by atoms with Gasteiger partial charge in [0.15, 0.2) is 0 Å². The normalized spacial score (nSPS) is 19.8. The predicted octanol–water partition coefficient (Wildman–Crippen LogP) is 3.74. The first-order valence-electron chi connectivity index (χ1n) is 8.40. The van der Waals surface area contributed by atoms with E-state index in [1.165, 1.54) is 4.90 Å². The second-order valence-electron chi connectivity index (χ2n) is 6.00. The molecule has 138 valence electrons. The number of rotatable bonds is 9. The van der Waals surface area contributed by atoms with Gasteiger partial charge in [0.2, 0.25) is 0 Å². The Morgan fingerprint density at radius 1 is 0.750 bits per heavy atom. The molecule has 0 aliphatic carbocycles. The quantitative estimate of drug-likeness (QED) is 0.524. The average Bonchev–Trinajstić information content (AvgIpc) is 2.58. The van der Waals surface area contributed by atoms with Crippen LogP contribution in [0.2, 0.25) is 0 Å². The highest BCUT2D eigenvalue weighted by atomic mass is 32.1. The van der Waals surface area contributed by atoms with E-state index in [1.807, 2.05) is 20.8 Å². The molecule has 0 aromatic rings. The Kier molecular flexibility index (Phi) is 8.87. The molecule has 1 heterocycles. The molecule has 0 spiro atoms. The fraction of sp³-hybridized carbons (Fsp3) is 0.750. The summed E-state index contributed by atoms with van der Waals surface area (Å²) in [5.74, 6) is 0.411. The number of carbonyl (C=O) groups excluding carboxylic acids is 2. The summed E-state index contributed by atoms with van der Waals surface area (Å²) in [6.07, 6.45) is 2.42. The number of amides is 4. The average molecular weight is 392 g/mol. The van der Waals surface area contributed by atoms with Crippen LogP contribution in [0.4, 0.5) is 9.59 Å². The van der Waals surface area contributed by atoms with E-state index in [4.69, 9.17) is 0 Å². The Morgan fingerprint density at radius 3 is 1.33 bits per heavy atom. The van der Waals surface area contributed by atoms with E-state index in [9.17, 15) is 9.59 Å². The summed E-state index contributed by atoms with van der Waals surface area (Å²) in [4.78, 5) is 30.0. The monoisotopic (exact) mass is 391 g/mol. The van der Waals surface area contributed by atoms with Crippen LogP contribution in [0.25, 0.3) is 0 Å². The molecule has 0 aromatic carbocycles. The summed E-state index contributed by atoms with van der Waals surface area (Å²) in [6.45, 7) is 11.1. The van der Waals surface area contributed by atoms with Crippen LogP contribution in [0.1, 0.15) is 40.0 Å². The van der Waals surface area contributed by atoms with Gasteiger partial charge in [-0.05, 0) is 19.3 Å². The van der Waals surface area contributed by atoms with Crippen molar-refractivity contribution in [3.8, 4) is 0 Å². The van der Waals surface area contributed by atoms with Gasteiger partial charge >= 0.3 is 12.1 Å². The lowest BCUT2D eigenvalue weighted by molar-refractivity contribution is 0.110. The standard InChI is InChI=1S/C16H29N3O2S3/c1-5-12(22)8-17-11(4)18(9-13(23)6-2)16(21)19(15(17)20)10-14(24)7-3/h12-14,22-24H,4-10H2,1-3H3. The van der Waals surface area contributed by atoms with Crippen molar-refractivity contribution in [1.29, 1.82) is 0 Å². The van der Waals surface area contributed by atoms with Crippen LogP contribution in [0.5, 0.6) is 0 Å². The van der Waals surface area contributed by atoms with Gasteiger partial charge < -0.3 is 0 Å². The minimum atomic E-state index is -0.339. The first kappa shape index (κ1) is 21.6. The van der Waals surface area contributed by atoms with Gasteiger partial charge in [0.25, 0.3) is 0 Å². The maximum absolute atomic E-state index is 12.8. The maximum Gasteiger partial charge on any atom is 0.333 e. The van der Waals surface area contributed by atoms with Gasteiger partial charge in [-0.15, -0.1) is 0 Å². The van der Waals surface area contributed by atoms with Gasteiger partial charge in [0, 0.05) is 35.4 Å². The third-order valence-electron chi connectivity index (χ3n) is 4.14. The molecule has 3 unspecified atom stereocenters. The number of hydrogen-bond donors (Lipinski definition) is 3. The molecule has 0 aromatic heterocycles. The van der Waals surface area contributed by atoms with Gasteiger partial charge in [0.1, 0.15) is 5.82 Å². The zero-order chi connectivity index (χ0) is 18.4. The highest BCUT2D eigenvalue weighted by molar-refractivity contribution is 7.81. The Labute approximate surface area is 162 Å². The summed E-state index contributed by atoms with van der Waals surface area (Å²) < 4.78 is 0.